The second-order valence-electron chi connectivity index (χ2n) is 7.77. The van der Waals surface area contributed by atoms with Gasteiger partial charge in [-0.15, -0.1) is 0 Å². The van der Waals surface area contributed by atoms with E-state index in [1.54, 1.807) is 12.1 Å². The molecule has 5 nitrogen and oxygen atoms in total. The van der Waals surface area contributed by atoms with Crippen LogP contribution in [0.5, 0.6) is 0 Å². The van der Waals surface area contributed by atoms with Crippen molar-refractivity contribution in [3.63, 3.8) is 0 Å². The summed E-state index contributed by atoms with van der Waals surface area (Å²) in [6.07, 6.45) is 3.00. The summed E-state index contributed by atoms with van der Waals surface area (Å²) in [7, 11) is 2.09. The van der Waals surface area contributed by atoms with Crippen LogP contribution >= 0.6 is 23.2 Å². The molecular weight excluding hydrogens is 385 g/mol. The molecule has 0 radical (unpaired) electrons. The zero-order valence-corrected chi connectivity index (χ0v) is 17.9. The van der Waals surface area contributed by atoms with Crippen LogP contribution in [0.15, 0.2) is 18.2 Å². The minimum absolute atomic E-state index is 0.168. The maximum atomic E-state index is 12.7. The van der Waals surface area contributed by atoms with Crippen LogP contribution < -0.4 is 10.6 Å². The van der Waals surface area contributed by atoms with Crippen LogP contribution in [-0.2, 0) is 4.79 Å². The number of benzene rings is 1. The molecule has 1 aromatic carbocycles. The monoisotopic (exact) mass is 413 g/mol. The SMILES string of the molecule is CC(C)CC(NC(=O)c1ccc(Cl)cc1Cl)C(=O)NCC(C)N(C)C1CC1. The first-order chi connectivity index (χ1) is 12.7. The molecule has 2 atom stereocenters. The van der Waals surface area contributed by atoms with Gasteiger partial charge in [0.05, 0.1) is 10.6 Å². The lowest BCUT2D eigenvalue weighted by molar-refractivity contribution is -0.123. The Bertz CT molecular complexity index is 677. The molecule has 1 aromatic rings. The molecule has 2 amide bonds. The number of hydrogen-bond donors (Lipinski definition) is 2. The van der Waals surface area contributed by atoms with Crippen molar-refractivity contribution < 1.29 is 9.59 Å². The van der Waals surface area contributed by atoms with Crippen LogP contribution in [0.3, 0.4) is 0 Å². The summed E-state index contributed by atoms with van der Waals surface area (Å²) >= 11 is 12.0. The van der Waals surface area contributed by atoms with E-state index < -0.39 is 6.04 Å². The number of halogens is 2. The normalized spacial score (nSPS) is 16.3. The number of amides is 2. The molecule has 0 aliphatic heterocycles. The Morgan fingerprint density at radius 1 is 1.22 bits per heavy atom. The Hall–Kier alpha value is -1.30. The standard InChI is InChI=1S/C20H29Cl2N3O2/c1-12(2)9-18(20(27)23-11-13(3)25(4)15-6-7-15)24-19(26)16-8-5-14(21)10-17(16)22/h5,8,10,12-13,15,18H,6-7,9,11H2,1-4H3,(H,23,27)(H,24,26). The third-order valence-electron chi connectivity index (χ3n) is 4.89. The molecule has 7 heteroatoms. The number of hydrogen-bond acceptors (Lipinski definition) is 3. The van der Waals surface area contributed by atoms with Crippen molar-refractivity contribution in [3.8, 4) is 0 Å². The fourth-order valence-corrected chi connectivity index (χ4v) is 3.46. The van der Waals surface area contributed by atoms with Gasteiger partial charge in [-0.05, 0) is 57.4 Å². The number of nitrogens with one attached hydrogen (secondary N) is 2. The van der Waals surface area contributed by atoms with E-state index in [0.717, 1.165) is 0 Å². The van der Waals surface area contributed by atoms with Gasteiger partial charge < -0.3 is 10.6 Å². The number of nitrogens with zero attached hydrogens (tertiary/aromatic N) is 1. The van der Waals surface area contributed by atoms with E-state index in [1.165, 1.54) is 18.9 Å². The fraction of sp³-hybridized carbons (Fsp3) is 0.600. The largest absolute Gasteiger partial charge is 0.353 e. The van der Waals surface area contributed by atoms with Gasteiger partial charge in [-0.25, -0.2) is 0 Å². The highest BCUT2D eigenvalue weighted by Crippen LogP contribution is 2.26. The molecule has 150 valence electrons. The Labute approximate surface area is 171 Å². The molecular formula is C20H29Cl2N3O2. The van der Waals surface area contributed by atoms with Crippen molar-refractivity contribution in [3.05, 3.63) is 33.8 Å². The minimum Gasteiger partial charge on any atom is -0.353 e. The predicted molar refractivity (Wildman–Crippen MR) is 110 cm³/mol. The Morgan fingerprint density at radius 3 is 2.44 bits per heavy atom. The topological polar surface area (TPSA) is 61.4 Å². The highest BCUT2D eigenvalue weighted by molar-refractivity contribution is 6.36. The van der Waals surface area contributed by atoms with Gasteiger partial charge >= 0.3 is 0 Å². The van der Waals surface area contributed by atoms with Crippen LogP contribution in [0.4, 0.5) is 0 Å². The first-order valence-corrected chi connectivity index (χ1v) is 10.2. The van der Waals surface area contributed by atoms with Crippen molar-refractivity contribution in [1.29, 1.82) is 0 Å². The lowest BCUT2D eigenvalue weighted by Crippen LogP contribution is -2.50. The average molecular weight is 414 g/mol. The third-order valence-corrected chi connectivity index (χ3v) is 5.44. The van der Waals surface area contributed by atoms with Crippen molar-refractivity contribution >= 4 is 35.0 Å². The van der Waals surface area contributed by atoms with Crippen LogP contribution in [-0.4, -0.2) is 48.4 Å². The van der Waals surface area contributed by atoms with Gasteiger partial charge in [-0.3, -0.25) is 14.5 Å². The highest BCUT2D eigenvalue weighted by Gasteiger charge is 2.30. The molecule has 1 aliphatic carbocycles. The molecule has 27 heavy (non-hydrogen) atoms. The summed E-state index contributed by atoms with van der Waals surface area (Å²) in [6.45, 7) is 6.69. The molecule has 2 unspecified atom stereocenters. The molecule has 0 aromatic heterocycles. The highest BCUT2D eigenvalue weighted by atomic mass is 35.5. The molecule has 0 saturated heterocycles. The van der Waals surface area contributed by atoms with Crippen molar-refractivity contribution in [2.45, 2.75) is 58.2 Å². The van der Waals surface area contributed by atoms with E-state index >= 15 is 0 Å². The quantitative estimate of drug-likeness (QED) is 0.647. The van der Waals surface area contributed by atoms with Gasteiger partial charge in [0.1, 0.15) is 6.04 Å². The molecule has 1 fully saturated rings. The lowest BCUT2D eigenvalue weighted by Gasteiger charge is -2.26. The maximum absolute atomic E-state index is 12.7. The van der Waals surface area contributed by atoms with Crippen LogP contribution in [0, 0.1) is 5.92 Å². The first kappa shape index (κ1) is 22.0. The smallest absolute Gasteiger partial charge is 0.253 e. The number of rotatable bonds is 9. The fourth-order valence-electron chi connectivity index (χ4n) is 2.97. The molecule has 0 spiro atoms. The second kappa shape index (κ2) is 9.76. The van der Waals surface area contributed by atoms with E-state index in [2.05, 4.69) is 29.5 Å². The maximum Gasteiger partial charge on any atom is 0.253 e. The third kappa shape index (κ3) is 6.66. The summed E-state index contributed by atoms with van der Waals surface area (Å²) in [6, 6.07) is 4.97. The molecule has 1 aliphatic rings. The van der Waals surface area contributed by atoms with E-state index in [1.807, 2.05) is 13.8 Å². The Kier molecular flexibility index (Phi) is 7.95. The number of carbonyl (C=O) groups is 2. The number of carbonyl (C=O) groups excluding carboxylic acids is 2. The molecule has 2 N–H and O–H groups in total. The van der Waals surface area contributed by atoms with Crippen molar-refractivity contribution in [2.24, 2.45) is 5.92 Å². The van der Waals surface area contributed by atoms with Crippen molar-refractivity contribution in [1.82, 2.24) is 15.5 Å². The van der Waals surface area contributed by atoms with Crippen LogP contribution in [0.25, 0.3) is 0 Å². The molecule has 1 saturated carbocycles. The molecule has 0 heterocycles. The van der Waals surface area contributed by atoms with E-state index in [-0.39, 0.29) is 28.8 Å². The zero-order valence-electron chi connectivity index (χ0n) is 16.4. The minimum atomic E-state index is -0.609. The second-order valence-corrected chi connectivity index (χ2v) is 8.61. The van der Waals surface area contributed by atoms with Gasteiger partial charge in [0, 0.05) is 23.7 Å². The number of likely N-dealkylation sites (N-methyl/N-ethyl adjacent to an activating group) is 1. The Morgan fingerprint density at radius 2 is 1.89 bits per heavy atom. The van der Waals surface area contributed by atoms with Crippen molar-refractivity contribution in [2.75, 3.05) is 13.6 Å². The molecule has 2 rings (SSSR count). The first-order valence-electron chi connectivity index (χ1n) is 9.44. The summed E-state index contributed by atoms with van der Waals surface area (Å²) in [5.74, 6) is -0.285. The summed E-state index contributed by atoms with van der Waals surface area (Å²) in [4.78, 5) is 27.6. The predicted octanol–water partition coefficient (Wildman–Crippen LogP) is 3.74. The van der Waals surface area contributed by atoms with Gasteiger partial charge in [0.15, 0.2) is 0 Å². The van der Waals surface area contributed by atoms with E-state index in [4.69, 9.17) is 23.2 Å². The van der Waals surface area contributed by atoms with Gasteiger partial charge in [-0.1, -0.05) is 37.0 Å². The zero-order chi connectivity index (χ0) is 20.1. The summed E-state index contributed by atoms with van der Waals surface area (Å²) in [5, 5.41) is 6.53. The van der Waals surface area contributed by atoms with Crippen LogP contribution in [0.1, 0.15) is 50.4 Å². The van der Waals surface area contributed by atoms with Gasteiger partial charge in [-0.2, -0.15) is 0 Å². The summed E-state index contributed by atoms with van der Waals surface area (Å²) in [5.41, 5.74) is 0.310. The van der Waals surface area contributed by atoms with Gasteiger partial charge in [0.25, 0.3) is 5.91 Å². The average Bonchev–Trinajstić information content (AvgIpc) is 3.42. The van der Waals surface area contributed by atoms with E-state index in [0.29, 0.717) is 29.6 Å². The molecule has 0 bridgehead atoms. The van der Waals surface area contributed by atoms with E-state index in [9.17, 15) is 9.59 Å². The summed E-state index contributed by atoms with van der Waals surface area (Å²) < 4.78 is 0. The van der Waals surface area contributed by atoms with Crippen LogP contribution in [0.2, 0.25) is 10.0 Å². The Balaban J connectivity index is 1.98. The lowest BCUT2D eigenvalue weighted by atomic mass is 10.0. The van der Waals surface area contributed by atoms with Gasteiger partial charge in [0.2, 0.25) is 5.91 Å².